The molecule has 2 rings (SSSR count). The average Bonchev–Trinajstić information content (AvgIpc) is 2.86. The molecule has 0 radical (unpaired) electrons. The van der Waals surface area contributed by atoms with E-state index in [-0.39, 0.29) is 11.8 Å². The molecule has 0 amide bonds. The maximum absolute atomic E-state index is 12.0. The van der Waals surface area contributed by atoms with Crippen LogP contribution in [0.4, 0.5) is 0 Å². The third-order valence-electron chi connectivity index (χ3n) is 2.88. The number of aryl methyl sites for hydroxylation is 1. The number of carbonyl (C=O) groups is 1. The molecule has 0 aliphatic rings. The second kappa shape index (κ2) is 5.65. The number of rotatable bonds is 4. The highest BCUT2D eigenvalue weighted by Crippen LogP contribution is 2.09. The van der Waals surface area contributed by atoms with Crippen LogP contribution in [0, 0.1) is 6.92 Å². The van der Waals surface area contributed by atoms with E-state index >= 15 is 0 Å². The minimum Gasteiger partial charge on any atom is -0.289 e. The quantitative estimate of drug-likeness (QED) is 0.616. The Hall–Kier alpha value is -2.16. The van der Waals surface area contributed by atoms with Gasteiger partial charge in [0.25, 0.3) is 0 Å². The number of benzene rings is 1. The second-order valence-electron chi connectivity index (χ2n) is 4.91. The summed E-state index contributed by atoms with van der Waals surface area (Å²) >= 11 is 0. The van der Waals surface area contributed by atoms with E-state index in [4.69, 9.17) is 0 Å². The summed E-state index contributed by atoms with van der Waals surface area (Å²) in [6, 6.07) is 8.31. The Morgan fingerprint density at radius 2 is 2.16 bits per heavy atom. The molecule has 0 N–H and O–H groups in total. The summed E-state index contributed by atoms with van der Waals surface area (Å²) in [4.78, 5) is 12.0. The number of ketones is 1. The van der Waals surface area contributed by atoms with Crippen LogP contribution >= 0.6 is 0 Å². The fourth-order valence-corrected chi connectivity index (χ4v) is 1.79. The van der Waals surface area contributed by atoms with E-state index < -0.39 is 0 Å². The van der Waals surface area contributed by atoms with Crippen LogP contribution in [-0.2, 0) is 0 Å². The van der Waals surface area contributed by atoms with Gasteiger partial charge in [-0.2, -0.15) is 5.10 Å². The molecule has 0 spiro atoms. The van der Waals surface area contributed by atoms with Gasteiger partial charge < -0.3 is 0 Å². The molecule has 98 valence electrons. The number of hydrogen-bond acceptors (Lipinski definition) is 2. The lowest BCUT2D eigenvalue weighted by Crippen LogP contribution is -2.00. The topological polar surface area (TPSA) is 34.9 Å². The number of carbonyl (C=O) groups excluding carboxylic acids is 1. The van der Waals surface area contributed by atoms with Gasteiger partial charge in [-0.25, -0.2) is 0 Å². The lowest BCUT2D eigenvalue weighted by atomic mass is 10.1. The third kappa shape index (κ3) is 3.41. The highest BCUT2D eigenvalue weighted by Gasteiger charge is 2.06. The van der Waals surface area contributed by atoms with Crippen molar-refractivity contribution in [1.82, 2.24) is 9.78 Å². The van der Waals surface area contributed by atoms with Crippen LogP contribution in [0.1, 0.15) is 41.4 Å². The maximum Gasteiger partial charge on any atom is 0.189 e. The van der Waals surface area contributed by atoms with Crippen LogP contribution in [0.5, 0.6) is 0 Å². The predicted octanol–water partition coefficient (Wildman–Crippen LogP) is 3.67. The molecular formula is C16H18N2O. The van der Waals surface area contributed by atoms with E-state index in [2.05, 4.69) is 5.10 Å². The molecule has 19 heavy (non-hydrogen) atoms. The summed E-state index contributed by atoms with van der Waals surface area (Å²) in [7, 11) is 0. The van der Waals surface area contributed by atoms with E-state index in [1.165, 1.54) is 5.56 Å². The molecule has 1 aromatic heterocycles. The summed E-state index contributed by atoms with van der Waals surface area (Å²) < 4.78 is 1.79. The van der Waals surface area contributed by atoms with Crippen molar-refractivity contribution in [1.29, 1.82) is 0 Å². The zero-order valence-electron chi connectivity index (χ0n) is 11.5. The van der Waals surface area contributed by atoms with E-state index in [1.54, 1.807) is 23.2 Å². The molecule has 0 saturated heterocycles. The molecule has 0 atom stereocenters. The first-order valence-corrected chi connectivity index (χ1v) is 6.39. The number of aromatic nitrogens is 2. The monoisotopic (exact) mass is 254 g/mol. The molecule has 0 fully saturated rings. The van der Waals surface area contributed by atoms with Gasteiger partial charge in [-0.3, -0.25) is 9.48 Å². The standard InChI is InChI=1S/C16H18N2O/c1-12(2)18-11-15(10-17-18)16(19)8-7-14-6-4-5-13(3)9-14/h4-12H,1-3H3. The Kier molecular flexibility index (Phi) is 3.95. The van der Waals surface area contributed by atoms with Gasteiger partial charge in [0.1, 0.15) is 0 Å². The molecule has 2 aromatic rings. The summed E-state index contributed by atoms with van der Waals surface area (Å²) in [5.41, 5.74) is 2.84. The average molecular weight is 254 g/mol. The van der Waals surface area contributed by atoms with Crippen molar-refractivity contribution >= 4 is 11.9 Å². The molecule has 0 aliphatic heterocycles. The van der Waals surface area contributed by atoms with Gasteiger partial charge in [0.15, 0.2) is 5.78 Å². The fraction of sp³-hybridized carbons (Fsp3) is 0.250. The Morgan fingerprint density at radius 1 is 1.37 bits per heavy atom. The molecule has 0 aliphatic carbocycles. The van der Waals surface area contributed by atoms with E-state index in [0.717, 1.165) is 5.56 Å². The van der Waals surface area contributed by atoms with Crippen molar-refractivity contribution in [2.24, 2.45) is 0 Å². The van der Waals surface area contributed by atoms with Gasteiger partial charge in [-0.1, -0.05) is 35.9 Å². The molecule has 0 bridgehead atoms. The molecule has 3 heteroatoms. The number of nitrogens with zero attached hydrogens (tertiary/aromatic N) is 2. The molecule has 0 unspecified atom stereocenters. The minimum absolute atomic E-state index is 0.0200. The van der Waals surface area contributed by atoms with Crippen LogP contribution < -0.4 is 0 Å². The minimum atomic E-state index is -0.0200. The van der Waals surface area contributed by atoms with Crippen LogP contribution in [0.25, 0.3) is 6.08 Å². The van der Waals surface area contributed by atoms with Crippen molar-refractivity contribution in [3.63, 3.8) is 0 Å². The van der Waals surface area contributed by atoms with Crippen molar-refractivity contribution < 1.29 is 4.79 Å². The van der Waals surface area contributed by atoms with Gasteiger partial charge in [0, 0.05) is 12.2 Å². The van der Waals surface area contributed by atoms with Crippen LogP contribution in [0.3, 0.4) is 0 Å². The number of allylic oxidation sites excluding steroid dienone is 1. The van der Waals surface area contributed by atoms with Gasteiger partial charge in [-0.05, 0) is 32.4 Å². The fourth-order valence-electron chi connectivity index (χ4n) is 1.79. The normalized spacial score (nSPS) is 11.4. The predicted molar refractivity (Wildman–Crippen MR) is 77.2 cm³/mol. The Labute approximate surface area is 113 Å². The molecular weight excluding hydrogens is 236 g/mol. The Morgan fingerprint density at radius 3 is 2.79 bits per heavy atom. The summed E-state index contributed by atoms with van der Waals surface area (Å²) in [5, 5.41) is 4.17. The first kappa shape index (κ1) is 13.3. The molecule has 3 nitrogen and oxygen atoms in total. The SMILES string of the molecule is Cc1cccc(C=CC(=O)c2cnn(C(C)C)c2)c1. The van der Waals surface area contributed by atoms with E-state index in [9.17, 15) is 4.79 Å². The highest BCUT2D eigenvalue weighted by atomic mass is 16.1. The van der Waals surface area contributed by atoms with Crippen molar-refractivity contribution in [3.8, 4) is 0 Å². The largest absolute Gasteiger partial charge is 0.289 e. The first-order valence-electron chi connectivity index (χ1n) is 6.39. The van der Waals surface area contributed by atoms with Gasteiger partial charge in [0.2, 0.25) is 0 Å². The first-order chi connectivity index (χ1) is 9.06. The molecule has 1 heterocycles. The van der Waals surface area contributed by atoms with Crippen molar-refractivity contribution in [2.45, 2.75) is 26.8 Å². The lowest BCUT2D eigenvalue weighted by molar-refractivity contribution is 0.104. The van der Waals surface area contributed by atoms with Gasteiger partial charge >= 0.3 is 0 Å². The van der Waals surface area contributed by atoms with Crippen LogP contribution in [0.15, 0.2) is 42.7 Å². The smallest absolute Gasteiger partial charge is 0.189 e. The highest BCUT2D eigenvalue weighted by molar-refractivity contribution is 6.06. The molecule has 1 aromatic carbocycles. The lowest BCUT2D eigenvalue weighted by Gasteiger charge is -2.02. The summed E-state index contributed by atoms with van der Waals surface area (Å²) in [5.74, 6) is -0.0200. The zero-order valence-corrected chi connectivity index (χ0v) is 11.5. The van der Waals surface area contributed by atoms with Gasteiger partial charge in [0.05, 0.1) is 11.8 Å². The molecule has 0 saturated carbocycles. The Bertz CT molecular complexity index is 609. The summed E-state index contributed by atoms with van der Waals surface area (Å²) in [6.45, 7) is 6.10. The third-order valence-corrected chi connectivity index (χ3v) is 2.88. The summed E-state index contributed by atoms with van der Waals surface area (Å²) in [6.07, 6.45) is 6.83. The second-order valence-corrected chi connectivity index (χ2v) is 4.91. The zero-order chi connectivity index (χ0) is 13.8. The van der Waals surface area contributed by atoms with Crippen molar-refractivity contribution in [2.75, 3.05) is 0 Å². The van der Waals surface area contributed by atoms with E-state index in [0.29, 0.717) is 5.56 Å². The van der Waals surface area contributed by atoms with Crippen LogP contribution in [-0.4, -0.2) is 15.6 Å². The Balaban J connectivity index is 2.12. The maximum atomic E-state index is 12.0. The number of hydrogen-bond donors (Lipinski definition) is 0. The van der Waals surface area contributed by atoms with Gasteiger partial charge in [-0.15, -0.1) is 0 Å². The van der Waals surface area contributed by atoms with E-state index in [1.807, 2.05) is 51.1 Å². The van der Waals surface area contributed by atoms with Crippen molar-refractivity contribution in [3.05, 3.63) is 59.4 Å². The van der Waals surface area contributed by atoms with Crippen LogP contribution in [0.2, 0.25) is 0 Å².